The summed E-state index contributed by atoms with van der Waals surface area (Å²) in [5, 5.41) is 1.06. The first-order chi connectivity index (χ1) is 7.72. The Labute approximate surface area is 93.4 Å². The van der Waals surface area contributed by atoms with Gasteiger partial charge in [-0.05, 0) is 24.1 Å². The summed E-state index contributed by atoms with van der Waals surface area (Å²) < 4.78 is 4.54. The van der Waals surface area contributed by atoms with Crippen molar-refractivity contribution in [1.29, 1.82) is 0 Å². The Morgan fingerprint density at radius 2 is 2.25 bits per heavy atom. The molecular formula is C12H13N2O2-. The summed E-state index contributed by atoms with van der Waals surface area (Å²) in [7, 11) is 1.30. The van der Waals surface area contributed by atoms with E-state index in [-0.39, 0.29) is 0 Å². The van der Waals surface area contributed by atoms with Crippen molar-refractivity contribution >= 4 is 16.9 Å². The smallest absolute Gasteiger partial charge is 0.287 e. The minimum absolute atomic E-state index is 0.372. The van der Waals surface area contributed by atoms with Crippen LogP contribution < -0.4 is 0 Å². The Balaban J connectivity index is 2.24. The summed E-state index contributed by atoms with van der Waals surface area (Å²) in [6.45, 7) is 0. The van der Waals surface area contributed by atoms with Crippen LogP contribution in [0.2, 0.25) is 0 Å². The maximum atomic E-state index is 11.2. The van der Waals surface area contributed by atoms with Gasteiger partial charge in [0.25, 0.3) is 5.97 Å². The molecule has 0 radical (unpaired) electrons. The van der Waals surface area contributed by atoms with E-state index in [1.165, 1.54) is 7.11 Å². The molecule has 0 fully saturated rings. The molecule has 0 unspecified atom stereocenters. The van der Waals surface area contributed by atoms with Crippen LogP contribution in [-0.4, -0.2) is 24.1 Å². The van der Waals surface area contributed by atoms with Gasteiger partial charge in [-0.1, -0.05) is 18.2 Å². The van der Waals surface area contributed by atoms with E-state index in [9.17, 15) is 4.79 Å². The average molecular weight is 217 g/mol. The summed E-state index contributed by atoms with van der Waals surface area (Å²) in [6, 6.07) is 6.98. The zero-order chi connectivity index (χ0) is 11.5. The Morgan fingerprint density at radius 3 is 3.00 bits per heavy atom. The van der Waals surface area contributed by atoms with Crippen LogP contribution in [-0.2, 0) is 16.0 Å². The third-order valence-corrected chi connectivity index (χ3v) is 2.58. The van der Waals surface area contributed by atoms with Gasteiger partial charge >= 0.3 is 0 Å². The molecule has 0 aliphatic heterocycles. The van der Waals surface area contributed by atoms with E-state index in [0.29, 0.717) is 6.42 Å². The number of benzene rings is 1. The van der Waals surface area contributed by atoms with Gasteiger partial charge in [-0.3, -0.25) is 4.79 Å². The summed E-state index contributed by atoms with van der Waals surface area (Å²) >= 11 is 0. The molecule has 1 aromatic heterocycles. The molecule has 0 saturated carbocycles. The van der Waals surface area contributed by atoms with Crippen LogP contribution in [0.1, 0.15) is 5.56 Å². The van der Waals surface area contributed by atoms with Crippen molar-refractivity contribution in [2.24, 2.45) is 0 Å². The number of nitrogens with one attached hydrogen (secondary N) is 2. The number of carbonyl (C=O) groups is 1. The molecule has 0 aliphatic rings. The third kappa shape index (κ3) is 1.92. The van der Waals surface area contributed by atoms with E-state index in [1.807, 2.05) is 30.5 Å². The zero-order valence-corrected chi connectivity index (χ0v) is 8.99. The fraction of sp³-hybridized carbons (Fsp3) is 0.250. The number of ether oxygens (including phenoxy) is 1. The molecule has 16 heavy (non-hydrogen) atoms. The van der Waals surface area contributed by atoms with Crippen LogP contribution in [0.25, 0.3) is 16.6 Å². The molecule has 2 rings (SSSR count). The van der Waals surface area contributed by atoms with E-state index >= 15 is 0 Å². The normalized spacial score (nSPS) is 12.6. The fourth-order valence-electron chi connectivity index (χ4n) is 1.75. The maximum Gasteiger partial charge on any atom is 0.287 e. The molecule has 0 saturated heterocycles. The van der Waals surface area contributed by atoms with E-state index in [0.717, 1.165) is 16.5 Å². The quantitative estimate of drug-likeness (QED) is 0.801. The van der Waals surface area contributed by atoms with E-state index in [1.54, 1.807) is 0 Å². The van der Waals surface area contributed by atoms with E-state index < -0.39 is 12.0 Å². The molecule has 1 aromatic carbocycles. The van der Waals surface area contributed by atoms with Gasteiger partial charge in [0.15, 0.2) is 0 Å². The molecule has 0 spiro atoms. The molecule has 0 amide bonds. The highest BCUT2D eigenvalue weighted by atomic mass is 16.5. The van der Waals surface area contributed by atoms with Gasteiger partial charge in [0.2, 0.25) is 0 Å². The summed E-state index contributed by atoms with van der Waals surface area (Å²) in [5.74, 6) is -0.495. The number of para-hydroxylation sites is 1. The number of rotatable bonds is 3. The lowest BCUT2D eigenvalue weighted by atomic mass is 10.1. The number of hydrogen-bond acceptors (Lipinski definition) is 2. The van der Waals surface area contributed by atoms with Crippen molar-refractivity contribution in [1.82, 2.24) is 4.98 Å². The first-order valence-corrected chi connectivity index (χ1v) is 5.06. The van der Waals surface area contributed by atoms with Crippen molar-refractivity contribution in [2.45, 2.75) is 12.5 Å². The van der Waals surface area contributed by atoms with Crippen molar-refractivity contribution < 1.29 is 9.53 Å². The van der Waals surface area contributed by atoms with Gasteiger partial charge in [0.1, 0.15) is 0 Å². The number of aromatic nitrogens is 1. The van der Waals surface area contributed by atoms with Crippen LogP contribution >= 0.6 is 0 Å². The van der Waals surface area contributed by atoms with Crippen LogP contribution in [0.5, 0.6) is 0 Å². The van der Waals surface area contributed by atoms with Gasteiger partial charge in [-0.2, -0.15) is 0 Å². The third-order valence-electron chi connectivity index (χ3n) is 2.58. The van der Waals surface area contributed by atoms with Crippen LogP contribution in [0, 0.1) is 0 Å². The number of carbonyl (C=O) groups excluding carboxylic acids is 1. The maximum absolute atomic E-state index is 11.2. The first kappa shape index (κ1) is 10.7. The number of H-pyrrole nitrogens is 1. The molecular weight excluding hydrogens is 204 g/mol. The molecule has 0 aliphatic carbocycles. The Hall–Kier alpha value is -1.81. The summed E-state index contributed by atoms with van der Waals surface area (Å²) in [4.78, 5) is 14.3. The Bertz CT molecular complexity index is 504. The average Bonchev–Trinajstić information content (AvgIpc) is 2.72. The van der Waals surface area contributed by atoms with Crippen LogP contribution in [0.3, 0.4) is 0 Å². The topological polar surface area (TPSA) is 65.9 Å². The minimum Gasteiger partial charge on any atom is -0.665 e. The van der Waals surface area contributed by atoms with E-state index in [2.05, 4.69) is 9.72 Å². The summed E-state index contributed by atoms with van der Waals surface area (Å²) in [6.07, 6.45) is 2.21. The predicted octanol–water partition coefficient (Wildman–Crippen LogP) is 2.30. The molecule has 2 aromatic rings. The highest BCUT2D eigenvalue weighted by molar-refractivity contribution is 5.85. The molecule has 1 heterocycles. The van der Waals surface area contributed by atoms with Gasteiger partial charge in [-0.15, -0.1) is 0 Å². The lowest BCUT2D eigenvalue weighted by Gasteiger charge is -2.16. The number of hydrogen-bond donors (Lipinski definition) is 1. The Morgan fingerprint density at radius 1 is 1.50 bits per heavy atom. The second-order valence-corrected chi connectivity index (χ2v) is 3.64. The van der Waals surface area contributed by atoms with Crippen molar-refractivity contribution in [3.63, 3.8) is 0 Å². The lowest BCUT2D eigenvalue weighted by molar-refractivity contribution is -0.141. The Kier molecular flexibility index (Phi) is 2.92. The largest absolute Gasteiger partial charge is 0.665 e. The SMILES string of the molecule is COC(=O)[C@H]([NH-])Cc1c[nH]c2ccccc12. The molecule has 4 heteroatoms. The standard InChI is InChI=1S/C12H13N2O2/c1-16-12(15)10(13)6-8-7-14-11-5-3-2-4-9(8)11/h2-5,7,10,13-14H,6H2,1H3/q-1/t10-/m1/s1. The highest BCUT2D eigenvalue weighted by Crippen LogP contribution is 2.19. The number of esters is 1. The van der Waals surface area contributed by atoms with Gasteiger partial charge in [0.05, 0.1) is 7.11 Å². The molecule has 2 N–H and O–H groups in total. The fourth-order valence-corrected chi connectivity index (χ4v) is 1.75. The van der Waals surface area contributed by atoms with Crippen LogP contribution in [0.4, 0.5) is 0 Å². The van der Waals surface area contributed by atoms with Crippen molar-refractivity contribution in [3.8, 4) is 0 Å². The second kappa shape index (κ2) is 4.37. The van der Waals surface area contributed by atoms with Crippen molar-refractivity contribution in [3.05, 3.63) is 41.8 Å². The predicted molar refractivity (Wildman–Crippen MR) is 62.1 cm³/mol. The monoisotopic (exact) mass is 217 g/mol. The molecule has 84 valence electrons. The van der Waals surface area contributed by atoms with Crippen molar-refractivity contribution in [2.75, 3.05) is 7.11 Å². The highest BCUT2D eigenvalue weighted by Gasteiger charge is 2.10. The molecule has 0 bridgehead atoms. The molecule has 4 nitrogen and oxygen atoms in total. The van der Waals surface area contributed by atoms with Gasteiger partial charge in [0, 0.05) is 17.1 Å². The lowest BCUT2D eigenvalue weighted by Crippen LogP contribution is -2.20. The van der Waals surface area contributed by atoms with Crippen LogP contribution in [0.15, 0.2) is 30.5 Å². The second-order valence-electron chi connectivity index (χ2n) is 3.64. The molecule has 1 atom stereocenters. The van der Waals surface area contributed by atoms with Gasteiger partial charge < -0.3 is 15.5 Å². The number of fused-ring (bicyclic) bond motifs is 1. The zero-order valence-electron chi connectivity index (χ0n) is 8.99. The number of aromatic amines is 1. The van der Waals surface area contributed by atoms with E-state index in [4.69, 9.17) is 5.73 Å². The van der Waals surface area contributed by atoms with Gasteiger partial charge in [-0.25, -0.2) is 0 Å². The minimum atomic E-state index is -0.857. The first-order valence-electron chi connectivity index (χ1n) is 5.06. The summed E-state index contributed by atoms with van der Waals surface area (Å²) in [5.41, 5.74) is 9.64. The number of methoxy groups -OCH3 is 1.